The van der Waals surface area contributed by atoms with Crippen LogP contribution in [0.1, 0.15) is 27.7 Å². The topological polar surface area (TPSA) is 100 Å². The van der Waals surface area contributed by atoms with Crippen LogP contribution in [0.4, 0.5) is 4.79 Å². The first kappa shape index (κ1) is 21.3. The molecule has 1 saturated heterocycles. The number of carbonyl (C=O) groups is 2. The molecule has 1 aromatic rings. The molecule has 3 N–H and O–H groups in total. The van der Waals surface area contributed by atoms with Crippen LogP contribution in [0.15, 0.2) is 35.2 Å². The molecular weight excluding hydrogens is 368 g/mol. The van der Waals surface area contributed by atoms with Crippen molar-refractivity contribution in [3.8, 4) is 0 Å². The smallest absolute Gasteiger partial charge is 0.322 e. The summed E-state index contributed by atoms with van der Waals surface area (Å²) in [4.78, 5) is 25.4. The fraction of sp³-hybridized carbons (Fsp3) is 0.556. The van der Waals surface area contributed by atoms with Crippen LogP contribution in [0, 0.1) is 0 Å². The van der Waals surface area contributed by atoms with Crippen LogP contribution in [0.5, 0.6) is 0 Å². The van der Waals surface area contributed by atoms with Gasteiger partial charge in [-0.3, -0.25) is 10.1 Å². The van der Waals surface area contributed by atoms with E-state index < -0.39 is 27.6 Å². The van der Waals surface area contributed by atoms with Crippen molar-refractivity contribution in [2.45, 2.75) is 44.2 Å². The summed E-state index contributed by atoms with van der Waals surface area (Å²) in [5.41, 5.74) is -0.433. The van der Waals surface area contributed by atoms with Crippen LogP contribution in [-0.4, -0.2) is 62.4 Å². The second-order valence-corrected chi connectivity index (χ2v) is 9.73. The van der Waals surface area contributed by atoms with Crippen LogP contribution in [0.3, 0.4) is 0 Å². The zero-order valence-electron chi connectivity index (χ0n) is 16.3. The number of amides is 3. The van der Waals surface area contributed by atoms with Gasteiger partial charge in [0.25, 0.3) is 5.91 Å². The lowest BCUT2D eigenvalue weighted by Gasteiger charge is -2.34. The van der Waals surface area contributed by atoms with Gasteiger partial charge in [0.2, 0.25) is 10.0 Å². The molecule has 3 amide bonds. The van der Waals surface area contributed by atoms with E-state index in [0.717, 1.165) is 4.90 Å². The van der Waals surface area contributed by atoms with Gasteiger partial charge in [-0.2, -0.15) is 4.31 Å². The van der Waals surface area contributed by atoms with Gasteiger partial charge in [-0.1, -0.05) is 18.2 Å². The summed E-state index contributed by atoms with van der Waals surface area (Å²) in [5, 5.41) is 5.04. The number of quaternary nitrogens is 1. The Balaban J connectivity index is 1.91. The molecule has 1 aromatic carbocycles. The lowest BCUT2D eigenvalue weighted by Crippen LogP contribution is -3.19. The third-order valence-corrected chi connectivity index (χ3v) is 6.39. The predicted molar refractivity (Wildman–Crippen MR) is 102 cm³/mol. The molecule has 0 aromatic heterocycles. The molecule has 0 spiro atoms. The van der Waals surface area contributed by atoms with Gasteiger partial charge in [0.15, 0.2) is 6.04 Å². The summed E-state index contributed by atoms with van der Waals surface area (Å²) in [6.07, 6.45) is 0. The number of hydrogen-bond acceptors (Lipinski definition) is 4. The molecule has 1 aliphatic rings. The Morgan fingerprint density at radius 3 is 2.19 bits per heavy atom. The number of nitrogens with one attached hydrogen (secondary N) is 3. The molecule has 9 heteroatoms. The van der Waals surface area contributed by atoms with Crippen molar-refractivity contribution in [1.82, 2.24) is 14.9 Å². The molecule has 8 nitrogen and oxygen atoms in total. The monoisotopic (exact) mass is 397 g/mol. The fourth-order valence-corrected chi connectivity index (χ4v) is 4.43. The number of sulfonamides is 1. The molecule has 1 atom stereocenters. The number of piperazine rings is 1. The van der Waals surface area contributed by atoms with E-state index in [2.05, 4.69) is 10.6 Å². The van der Waals surface area contributed by atoms with Gasteiger partial charge >= 0.3 is 6.03 Å². The van der Waals surface area contributed by atoms with Crippen molar-refractivity contribution in [1.29, 1.82) is 0 Å². The molecule has 1 aliphatic heterocycles. The van der Waals surface area contributed by atoms with Gasteiger partial charge in [-0.25, -0.2) is 13.2 Å². The van der Waals surface area contributed by atoms with E-state index in [4.69, 9.17) is 0 Å². The molecule has 1 fully saturated rings. The average molecular weight is 398 g/mol. The van der Waals surface area contributed by atoms with Crippen LogP contribution in [-0.2, 0) is 14.8 Å². The Labute approximate surface area is 161 Å². The van der Waals surface area contributed by atoms with E-state index in [-0.39, 0.29) is 10.8 Å². The highest BCUT2D eigenvalue weighted by Gasteiger charge is 2.34. The lowest BCUT2D eigenvalue weighted by molar-refractivity contribution is -0.917. The fourth-order valence-electron chi connectivity index (χ4n) is 2.97. The number of hydrogen-bond donors (Lipinski definition) is 3. The Morgan fingerprint density at radius 1 is 1.11 bits per heavy atom. The molecule has 0 radical (unpaired) electrons. The number of urea groups is 1. The lowest BCUT2D eigenvalue weighted by atomic mass is 10.1. The summed E-state index contributed by atoms with van der Waals surface area (Å²) in [5.74, 6) is -0.369. The SMILES string of the molecule is C[C@@H](C(=O)NC(=O)NC(C)(C)C)[NH+]1CCN(S(=O)(=O)c2ccccc2)CC1. The van der Waals surface area contributed by atoms with Crippen molar-refractivity contribution in [3.63, 3.8) is 0 Å². The summed E-state index contributed by atoms with van der Waals surface area (Å²) >= 11 is 0. The quantitative estimate of drug-likeness (QED) is 0.643. The molecule has 0 unspecified atom stereocenters. The maximum absolute atomic E-state index is 12.7. The molecule has 150 valence electrons. The maximum Gasteiger partial charge on any atom is 0.322 e. The number of rotatable bonds is 4. The van der Waals surface area contributed by atoms with E-state index in [1.165, 1.54) is 4.31 Å². The first-order valence-electron chi connectivity index (χ1n) is 9.03. The summed E-state index contributed by atoms with van der Waals surface area (Å²) in [6, 6.07) is 7.36. The highest BCUT2D eigenvalue weighted by molar-refractivity contribution is 7.89. The molecule has 0 aliphatic carbocycles. The number of imide groups is 1. The minimum atomic E-state index is -3.52. The standard InChI is InChI=1S/C18H28N4O4S/c1-14(16(23)19-17(24)20-18(2,3)4)21-10-12-22(13-11-21)27(25,26)15-8-6-5-7-9-15/h5-9,14H,10-13H2,1-4H3,(H2,19,20,23,24)/p+1/t14-/m0/s1. The molecule has 0 saturated carbocycles. The van der Waals surface area contributed by atoms with Crippen molar-refractivity contribution in [2.24, 2.45) is 0 Å². The van der Waals surface area contributed by atoms with Crippen LogP contribution in [0.25, 0.3) is 0 Å². The molecule has 27 heavy (non-hydrogen) atoms. The summed E-state index contributed by atoms with van der Waals surface area (Å²) in [6.45, 7) is 8.91. The van der Waals surface area contributed by atoms with E-state index in [1.807, 2.05) is 20.8 Å². The first-order valence-corrected chi connectivity index (χ1v) is 10.5. The van der Waals surface area contributed by atoms with Crippen LogP contribution < -0.4 is 15.5 Å². The van der Waals surface area contributed by atoms with Crippen LogP contribution in [0.2, 0.25) is 0 Å². The number of nitrogens with zero attached hydrogens (tertiary/aromatic N) is 1. The summed E-state index contributed by atoms with van der Waals surface area (Å²) in [7, 11) is -3.52. The average Bonchev–Trinajstić information content (AvgIpc) is 2.60. The van der Waals surface area contributed by atoms with Crippen LogP contribution >= 0.6 is 0 Å². The number of carbonyl (C=O) groups excluding carboxylic acids is 2. The molecule has 0 bridgehead atoms. The minimum Gasteiger partial charge on any atom is -0.333 e. The molecule has 1 heterocycles. The second-order valence-electron chi connectivity index (χ2n) is 7.79. The van der Waals surface area contributed by atoms with Gasteiger partial charge in [0.1, 0.15) is 0 Å². The third kappa shape index (κ3) is 5.75. The Bertz CT molecular complexity index is 766. The second kappa shape index (κ2) is 8.37. The highest BCUT2D eigenvalue weighted by Crippen LogP contribution is 2.14. The van der Waals surface area contributed by atoms with Crippen molar-refractivity contribution >= 4 is 22.0 Å². The van der Waals surface area contributed by atoms with E-state index >= 15 is 0 Å². The van der Waals surface area contributed by atoms with Crippen molar-refractivity contribution in [3.05, 3.63) is 30.3 Å². The third-order valence-electron chi connectivity index (χ3n) is 4.48. The predicted octanol–water partition coefficient (Wildman–Crippen LogP) is -0.411. The van der Waals surface area contributed by atoms with Gasteiger partial charge < -0.3 is 10.2 Å². The zero-order chi connectivity index (χ0) is 20.2. The normalized spacial score (nSPS) is 17.9. The van der Waals surface area contributed by atoms with E-state index in [1.54, 1.807) is 37.3 Å². The Morgan fingerprint density at radius 2 is 1.67 bits per heavy atom. The Kier molecular flexibility index (Phi) is 6.61. The number of benzene rings is 1. The van der Waals surface area contributed by atoms with Gasteiger partial charge in [0.05, 0.1) is 31.1 Å². The highest BCUT2D eigenvalue weighted by atomic mass is 32.2. The summed E-state index contributed by atoms with van der Waals surface area (Å²) < 4.78 is 26.8. The molecular formula is C18H29N4O4S+. The van der Waals surface area contributed by atoms with E-state index in [9.17, 15) is 18.0 Å². The van der Waals surface area contributed by atoms with Gasteiger partial charge in [-0.15, -0.1) is 0 Å². The van der Waals surface area contributed by atoms with Gasteiger partial charge in [0, 0.05) is 5.54 Å². The Hall–Kier alpha value is -1.97. The largest absolute Gasteiger partial charge is 0.333 e. The van der Waals surface area contributed by atoms with Crippen molar-refractivity contribution < 1.29 is 22.9 Å². The van der Waals surface area contributed by atoms with Gasteiger partial charge in [-0.05, 0) is 39.8 Å². The van der Waals surface area contributed by atoms with E-state index in [0.29, 0.717) is 26.2 Å². The maximum atomic E-state index is 12.7. The molecule has 2 rings (SSSR count). The van der Waals surface area contributed by atoms with Crippen molar-refractivity contribution in [2.75, 3.05) is 26.2 Å². The zero-order valence-corrected chi connectivity index (χ0v) is 17.1. The first-order chi connectivity index (χ1) is 12.5. The minimum absolute atomic E-state index is 0.276.